The number of amides is 1. The van der Waals surface area contributed by atoms with Gasteiger partial charge >= 0.3 is 0 Å². The Balaban J connectivity index is 1.70. The zero-order valence-electron chi connectivity index (χ0n) is 9.16. The van der Waals surface area contributed by atoms with E-state index < -0.39 is 0 Å². The quantitative estimate of drug-likeness (QED) is 0.684. The highest BCUT2D eigenvalue weighted by Crippen LogP contribution is 2.34. The summed E-state index contributed by atoms with van der Waals surface area (Å²) in [5.74, 6) is 1.33. The monoisotopic (exact) mass is 235 g/mol. The van der Waals surface area contributed by atoms with Crippen LogP contribution in [0.1, 0.15) is 6.42 Å². The minimum Gasteiger partial charge on any atom is -0.454 e. The Labute approximate surface area is 98.3 Å². The van der Waals surface area contributed by atoms with Gasteiger partial charge in [-0.3, -0.25) is 10.2 Å². The van der Waals surface area contributed by atoms with Crippen LogP contribution in [0.5, 0.6) is 11.5 Å². The highest BCUT2D eigenvalue weighted by Gasteiger charge is 2.22. The van der Waals surface area contributed by atoms with Crippen molar-refractivity contribution in [1.82, 2.24) is 10.9 Å². The van der Waals surface area contributed by atoms with Gasteiger partial charge < -0.3 is 14.8 Å². The van der Waals surface area contributed by atoms with Crippen LogP contribution >= 0.6 is 0 Å². The van der Waals surface area contributed by atoms with Crippen molar-refractivity contribution in [2.24, 2.45) is 0 Å². The molecule has 0 aliphatic carbocycles. The normalized spacial score (nSPS) is 21.5. The van der Waals surface area contributed by atoms with E-state index in [4.69, 9.17) is 9.47 Å². The number of carbonyl (C=O) groups is 1. The first-order chi connectivity index (χ1) is 8.33. The Morgan fingerprint density at radius 3 is 3.06 bits per heavy atom. The molecule has 0 radical (unpaired) electrons. The number of fused-ring (bicyclic) bond motifs is 1. The Bertz CT molecular complexity index is 444. The molecule has 17 heavy (non-hydrogen) atoms. The number of anilines is 1. The van der Waals surface area contributed by atoms with E-state index in [2.05, 4.69) is 16.2 Å². The Morgan fingerprint density at radius 2 is 2.24 bits per heavy atom. The standard InChI is InChI=1S/C11H13N3O3/c15-11(8-3-4-12-14-8)13-7-1-2-9-10(5-7)17-6-16-9/h1-2,5,8,12,14H,3-4,6H2,(H,13,15). The van der Waals surface area contributed by atoms with E-state index in [0.717, 1.165) is 13.0 Å². The van der Waals surface area contributed by atoms with Gasteiger partial charge in [-0.15, -0.1) is 0 Å². The number of rotatable bonds is 2. The van der Waals surface area contributed by atoms with Gasteiger partial charge in [0.1, 0.15) is 6.04 Å². The molecule has 1 aromatic carbocycles. The summed E-state index contributed by atoms with van der Waals surface area (Å²) in [5, 5.41) is 2.84. The largest absolute Gasteiger partial charge is 0.454 e. The molecular formula is C11H13N3O3. The lowest BCUT2D eigenvalue weighted by atomic mass is 10.2. The zero-order valence-corrected chi connectivity index (χ0v) is 9.16. The maximum absolute atomic E-state index is 11.8. The van der Waals surface area contributed by atoms with Crippen LogP contribution in [0.3, 0.4) is 0 Å². The summed E-state index contributed by atoms with van der Waals surface area (Å²) in [7, 11) is 0. The van der Waals surface area contributed by atoms with Crippen molar-refractivity contribution in [2.75, 3.05) is 18.7 Å². The third-order valence-electron chi connectivity index (χ3n) is 2.79. The number of ether oxygens (including phenoxy) is 2. The SMILES string of the molecule is O=C(Nc1ccc2c(c1)OCO2)C1CCNN1. The second-order valence-electron chi connectivity index (χ2n) is 3.97. The number of hydrazine groups is 1. The van der Waals surface area contributed by atoms with Gasteiger partial charge in [0, 0.05) is 18.3 Å². The smallest absolute Gasteiger partial charge is 0.242 e. The average Bonchev–Trinajstić information content (AvgIpc) is 2.99. The molecule has 0 saturated carbocycles. The third kappa shape index (κ3) is 2.04. The van der Waals surface area contributed by atoms with Crippen LogP contribution in [0.15, 0.2) is 18.2 Å². The summed E-state index contributed by atoms with van der Waals surface area (Å²) in [6.45, 7) is 1.04. The molecule has 0 spiro atoms. The lowest BCUT2D eigenvalue weighted by Gasteiger charge is -2.10. The van der Waals surface area contributed by atoms with Crippen molar-refractivity contribution in [1.29, 1.82) is 0 Å². The predicted octanol–water partition coefficient (Wildman–Crippen LogP) is 0.220. The molecule has 2 aliphatic rings. The average molecular weight is 235 g/mol. The van der Waals surface area contributed by atoms with Crippen LogP contribution in [0, 0.1) is 0 Å². The minimum atomic E-state index is -0.180. The third-order valence-corrected chi connectivity index (χ3v) is 2.79. The second-order valence-corrected chi connectivity index (χ2v) is 3.97. The first-order valence-electron chi connectivity index (χ1n) is 5.52. The molecule has 3 rings (SSSR count). The molecule has 0 aromatic heterocycles. The number of hydrogen-bond acceptors (Lipinski definition) is 5. The van der Waals surface area contributed by atoms with Crippen LogP contribution in [-0.2, 0) is 4.79 Å². The van der Waals surface area contributed by atoms with Crippen LogP contribution in [0.4, 0.5) is 5.69 Å². The van der Waals surface area contributed by atoms with Gasteiger partial charge in [0.25, 0.3) is 0 Å². The fraction of sp³-hybridized carbons (Fsp3) is 0.364. The molecular weight excluding hydrogens is 222 g/mol. The topological polar surface area (TPSA) is 71.6 Å². The summed E-state index contributed by atoms with van der Waals surface area (Å²) in [5.41, 5.74) is 6.55. The summed E-state index contributed by atoms with van der Waals surface area (Å²) in [6, 6.07) is 5.18. The molecule has 90 valence electrons. The van der Waals surface area contributed by atoms with E-state index in [9.17, 15) is 4.79 Å². The lowest BCUT2D eigenvalue weighted by molar-refractivity contribution is -0.117. The number of benzene rings is 1. The van der Waals surface area contributed by atoms with Crippen LogP contribution in [0.2, 0.25) is 0 Å². The van der Waals surface area contributed by atoms with E-state index in [1.54, 1.807) is 18.2 Å². The molecule has 0 bridgehead atoms. The van der Waals surface area contributed by atoms with E-state index in [-0.39, 0.29) is 18.7 Å². The molecule has 2 aliphatic heterocycles. The number of hydrogen-bond donors (Lipinski definition) is 3. The molecule has 3 N–H and O–H groups in total. The lowest BCUT2D eigenvalue weighted by Crippen LogP contribution is -2.39. The molecule has 6 nitrogen and oxygen atoms in total. The summed E-state index contributed by atoms with van der Waals surface area (Å²) >= 11 is 0. The summed E-state index contributed by atoms with van der Waals surface area (Å²) < 4.78 is 10.4. The molecule has 1 atom stereocenters. The molecule has 6 heteroatoms. The Morgan fingerprint density at radius 1 is 1.35 bits per heavy atom. The van der Waals surface area contributed by atoms with Crippen molar-refractivity contribution < 1.29 is 14.3 Å². The number of carbonyl (C=O) groups excluding carboxylic acids is 1. The maximum Gasteiger partial charge on any atom is 0.242 e. The fourth-order valence-corrected chi connectivity index (χ4v) is 1.88. The van der Waals surface area contributed by atoms with E-state index >= 15 is 0 Å². The van der Waals surface area contributed by atoms with Gasteiger partial charge in [-0.25, -0.2) is 5.43 Å². The van der Waals surface area contributed by atoms with Gasteiger partial charge in [-0.05, 0) is 18.6 Å². The van der Waals surface area contributed by atoms with Gasteiger partial charge in [-0.2, -0.15) is 0 Å². The first kappa shape index (κ1) is 10.4. The molecule has 1 amide bonds. The summed E-state index contributed by atoms with van der Waals surface area (Å²) in [4.78, 5) is 11.8. The van der Waals surface area contributed by atoms with Crippen molar-refractivity contribution in [3.63, 3.8) is 0 Å². The van der Waals surface area contributed by atoms with Gasteiger partial charge in [0.2, 0.25) is 12.7 Å². The van der Waals surface area contributed by atoms with Gasteiger partial charge in [0.05, 0.1) is 0 Å². The van der Waals surface area contributed by atoms with Crippen LogP contribution < -0.4 is 25.6 Å². The zero-order chi connectivity index (χ0) is 11.7. The molecule has 2 heterocycles. The Kier molecular flexibility index (Phi) is 2.58. The van der Waals surface area contributed by atoms with Crippen molar-refractivity contribution >= 4 is 11.6 Å². The Hall–Kier alpha value is -1.79. The van der Waals surface area contributed by atoms with Gasteiger partial charge in [0.15, 0.2) is 11.5 Å². The molecule has 1 fully saturated rings. The number of nitrogens with one attached hydrogen (secondary N) is 3. The fourth-order valence-electron chi connectivity index (χ4n) is 1.88. The molecule has 1 unspecified atom stereocenters. The van der Waals surface area contributed by atoms with Crippen molar-refractivity contribution in [2.45, 2.75) is 12.5 Å². The van der Waals surface area contributed by atoms with E-state index in [1.165, 1.54) is 0 Å². The van der Waals surface area contributed by atoms with Crippen LogP contribution in [0.25, 0.3) is 0 Å². The van der Waals surface area contributed by atoms with Crippen LogP contribution in [-0.4, -0.2) is 25.3 Å². The minimum absolute atomic E-state index is 0.0473. The molecule has 1 aromatic rings. The maximum atomic E-state index is 11.8. The van der Waals surface area contributed by atoms with Crippen molar-refractivity contribution in [3.05, 3.63) is 18.2 Å². The van der Waals surface area contributed by atoms with E-state index in [1.807, 2.05) is 0 Å². The summed E-state index contributed by atoms with van der Waals surface area (Å²) in [6.07, 6.45) is 0.788. The highest BCUT2D eigenvalue weighted by atomic mass is 16.7. The molecule has 1 saturated heterocycles. The van der Waals surface area contributed by atoms with Crippen molar-refractivity contribution in [3.8, 4) is 11.5 Å². The van der Waals surface area contributed by atoms with E-state index in [0.29, 0.717) is 17.2 Å². The first-order valence-corrected chi connectivity index (χ1v) is 5.52. The predicted molar refractivity (Wildman–Crippen MR) is 60.7 cm³/mol. The highest BCUT2D eigenvalue weighted by molar-refractivity contribution is 5.95. The van der Waals surface area contributed by atoms with Gasteiger partial charge in [-0.1, -0.05) is 0 Å². The second kappa shape index (κ2) is 4.23.